The molecule has 1 amide bonds. The van der Waals surface area contributed by atoms with Gasteiger partial charge in [-0.2, -0.15) is 0 Å². The predicted octanol–water partition coefficient (Wildman–Crippen LogP) is 2.91. The topological polar surface area (TPSA) is 32.3 Å². The van der Waals surface area contributed by atoms with E-state index >= 15 is 0 Å². The van der Waals surface area contributed by atoms with Crippen LogP contribution in [0.15, 0.2) is 24.3 Å². The monoisotopic (exact) mass is 260 g/mol. The van der Waals surface area contributed by atoms with Crippen molar-refractivity contribution in [3.63, 3.8) is 0 Å². The molecule has 0 radical (unpaired) electrons. The first kappa shape index (κ1) is 14.1. The Bertz CT molecular complexity index is 479. The summed E-state index contributed by atoms with van der Waals surface area (Å²) in [7, 11) is 0. The SMILES string of the molecule is CC(C)c1ccccc1N1C(=O)C(C)(C)NCC1C. The van der Waals surface area contributed by atoms with E-state index in [-0.39, 0.29) is 11.9 Å². The molecule has 19 heavy (non-hydrogen) atoms. The second-order valence-corrected chi connectivity index (χ2v) is 6.24. The van der Waals surface area contributed by atoms with E-state index in [4.69, 9.17) is 0 Å². The van der Waals surface area contributed by atoms with E-state index < -0.39 is 5.54 Å². The van der Waals surface area contributed by atoms with Crippen molar-refractivity contribution in [1.29, 1.82) is 0 Å². The van der Waals surface area contributed by atoms with Crippen molar-refractivity contribution in [2.75, 3.05) is 11.4 Å². The van der Waals surface area contributed by atoms with Gasteiger partial charge in [0, 0.05) is 18.3 Å². The molecule has 1 unspecified atom stereocenters. The molecule has 2 rings (SSSR count). The maximum absolute atomic E-state index is 12.7. The lowest BCUT2D eigenvalue weighted by molar-refractivity contribution is -0.125. The Labute approximate surface area is 116 Å². The molecule has 1 atom stereocenters. The summed E-state index contributed by atoms with van der Waals surface area (Å²) < 4.78 is 0. The van der Waals surface area contributed by atoms with Crippen LogP contribution in [0.5, 0.6) is 0 Å². The molecule has 1 saturated heterocycles. The summed E-state index contributed by atoms with van der Waals surface area (Å²) in [6.07, 6.45) is 0. The molecule has 3 nitrogen and oxygen atoms in total. The molecule has 1 aromatic rings. The van der Waals surface area contributed by atoms with Gasteiger partial charge in [0.1, 0.15) is 0 Å². The number of nitrogens with one attached hydrogen (secondary N) is 1. The third-order valence-electron chi connectivity index (χ3n) is 3.85. The molecule has 0 aromatic heterocycles. The van der Waals surface area contributed by atoms with Crippen LogP contribution in [0.25, 0.3) is 0 Å². The minimum Gasteiger partial charge on any atom is -0.306 e. The van der Waals surface area contributed by atoms with Crippen molar-refractivity contribution >= 4 is 11.6 Å². The van der Waals surface area contributed by atoms with Gasteiger partial charge in [-0.05, 0) is 38.3 Å². The van der Waals surface area contributed by atoms with Gasteiger partial charge in [0.15, 0.2) is 0 Å². The maximum Gasteiger partial charge on any atom is 0.247 e. The minimum absolute atomic E-state index is 0.152. The fourth-order valence-electron chi connectivity index (χ4n) is 2.61. The Morgan fingerprint density at radius 2 is 1.95 bits per heavy atom. The quantitative estimate of drug-likeness (QED) is 0.886. The van der Waals surface area contributed by atoms with Crippen molar-refractivity contribution in [3.8, 4) is 0 Å². The van der Waals surface area contributed by atoms with Crippen molar-refractivity contribution in [2.24, 2.45) is 0 Å². The molecule has 0 saturated carbocycles. The van der Waals surface area contributed by atoms with Crippen LogP contribution in [0.1, 0.15) is 46.1 Å². The van der Waals surface area contributed by atoms with Crippen LogP contribution in [-0.4, -0.2) is 24.0 Å². The van der Waals surface area contributed by atoms with E-state index in [1.807, 2.05) is 30.9 Å². The van der Waals surface area contributed by atoms with E-state index in [1.165, 1.54) is 5.56 Å². The predicted molar refractivity (Wildman–Crippen MR) is 79.6 cm³/mol. The lowest BCUT2D eigenvalue weighted by Gasteiger charge is -2.43. The zero-order valence-corrected chi connectivity index (χ0v) is 12.5. The van der Waals surface area contributed by atoms with E-state index in [0.29, 0.717) is 5.92 Å². The summed E-state index contributed by atoms with van der Waals surface area (Å²) in [5.41, 5.74) is 1.81. The highest BCUT2D eigenvalue weighted by atomic mass is 16.2. The first-order valence-corrected chi connectivity index (χ1v) is 7.02. The van der Waals surface area contributed by atoms with E-state index in [0.717, 1.165) is 12.2 Å². The van der Waals surface area contributed by atoms with Crippen molar-refractivity contribution in [2.45, 2.75) is 52.1 Å². The number of carbonyl (C=O) groups is 1. The normalized spacial score (nSPS) is 22.9. The molecule has 3 heteroatoms. The smallest absolute Gasteiger partial charge is 0.247 e. The molecule has 1 N–H and O–H groups in total. The molecule has 1 aromatic carbocycles. The number of nitrogens with zero attached hydrogens (tertiary/aromatic N) is 1. The average molecular weight is 260 g/mol. The third-order valence-corrected chi connectivity index (χ3v) is 3.85. The van der Waals surface area contributed by atoms with Crippen LogP contribution in [-0.2, 0) is 4.79 Å². The van der Waals surface area contributed by atoms with Crippen LogP contribution in [0.2, 0.25) is 0 Å². The summed E-state index contributed by atoms with van der Waals surface area (Å²) in [6, 6.07) is 8.41. The number of para-hydroxylation sites is 1. The summed E-state index contributed by atoms with van der Waals surface area (Å²) in [5.74, 6) is 0.563. The number of hydrogen-bond acceptors (Lipinski definition) is 2. The highest BCUT2D eigenvalue weighted by Gasteiger charge is 2.40. The molecule has 0 bridgehead atoms. The van der Waals surface area contributed by atoms with E-state index in [9.17, 15) is 4.79 Å². The number of rotatable bonds is 2. The maximum atomic E-state index is 12.7. The Kier molecular flexibility index (Phi) is 3.68. The number of benzene rings is 1. The van der Waals surface area contributed by atoms with Gasteiger partial charge in [-0.1, -0.05) is 32.0 Å². The fraction of sp³-hybridized carbons (Fsp3) is 0.562. The van der Waals surface area contributed by atoms with Crippen LogP contribution in [0.3, 0.4) is 0 Å². The van der Waals surface area contributed by atoms with E-state index in [1.54, 1.807) is 0 Å². The van der Waals surface area contributed by atoms with Crippen molar-refractivity contribution in [3.05, 3.63) is 29.8 Å². The molecule has 1 heterocycles. The zero-order valence-electron chi connectivity index (χ0n) is 12.5. The zero-order chi connectivity index (χ0) is 14.2. The molecule has 1 aliphatic rings. The Hall–Kier alpha value is -1.35. The number of hydrogen-bond donors (Lipinski definition) is 1. The second kappa shape index (κ2) is 4.97. The Morgan fingerprint density at radius 1 is 1.32 bits per heavy atom. The number of amides is 1. The van der Waals surface area contributed by atoms with Gasteiger partial charge < -0.3 is 10.2 Å². The van der Waals surface area contributed by atoms with Gasteiger partial charge in [-0.25, -0.2) is 0 Å². The first-order valence-electron chi connectivity index (χ1n) is 7.02. The number of anilines is 1. The van der Waals surface area contributed by atoms with Crippen LogP contribution < -0.4 is 10.2 Å². The lowest BCUT2D eigenvalue weighted by atomic mass is 9.94. The molecule has 1 fully saturated rings. The first-order chi connectivity index (χ1) is 8.84. The van der Waals surface area contributed by atoms with Gasteiger partial charge in [-0.15, -0.1) is 0 Å². The average Bonchev–Trinajstić information content (AvgIpc) is 2.35. The third kappa shape index (κ3) is 2.52. The van der Waals surface area contributed by atoms with Gasteiger partial charge in [0.25, 0.3) is 0 Å². The van der Waals surface area contributed by atoms with Crippen LogP contribution in [0, 0.1) is 0 Å². The van der Waals surface area contributed by atoms with Crippen LogP contribution in [0.4, 0.5) is 5.69 Å². The van der Waals surface area contributed by atoms with Gasteiger partial charge in [0.05, 0.1) is 5.54 Å². The Balaban J connectivity index is 2.47. The largest absolute Gasteiger partial charge is 0.306 e. The van der Waals surface area contributed by atoms with E-state index in [2.05, 4.69) is 38.2 Å². The fourth-order valence-corrected chi connectivity index (χ4v) is 2.61. The molecule has 0 spiro atoms. The van der Waals surface area contributed by atoms with Crippen molar-refractivity contribution < 1.29 is 4.79 Å². The Morgan fingerprint density at radius 3 is 2.58 bits per heavy atom. The second-order valence-electron chi connectivity index (χ2n) is 6.24. The number of piperazine rings is 1. The molecule has 0 aliphatic carbocycles. The molecule has 104 valence electrons. The van der Waals surface area contributed by atoms with Crippen molar-refractivity contribution in [1.82, 2.24) is 5.32 Å². The highest BCUT2D eigenvalue weighted by molar-refractivity contribution is 6.01. The molecular weight excluding hydrogens is 236 g/mol. The molecule has 1 aliphatic heterocycles. The van der Waals surface area contributed by atoms with Crippen LogP contribution >= 0.6 is 0 Å². The summed E-state index contributed by atoms with van der Waals surface area (Å²) in [5, 5.41) is 3.32. The highest BCUT2D eigenvalue weighted by Crippen LogP contribution is 2.31. The summed E-state index contributed by atoms with van der Waals surface area (Å²) >= 11 is 0. The van der Waals surface area contributed by atoms with Gasteiger partial charge in [-0.3, -0.25) is 4.79 Å². The van der Waals surface area contributed by atoms with Gasteiger partial charge in [0.2, 0.25) is 5.91 Å². The minimum atomic E-state index is -0.489. The van der Waals surface area contributed by atoms with Gasteiger partial charge >= 0.3 is 0 Å². The number of carbonyl (C=O) groups excluding carboxylic acids is 1. The lowest BCUT2D eigenvalue weighted by Crippen LogP contribution is -2.65. The molecular formula is C16H24N2O. The standard InChI is InChI=1S/C16H24N2O/c1-11(2)13-8-6-7-9-14(13)18-12(3)10-17-16(4,5)15(18)19/h6-9,11-12,17H,10H2,1-5H3. The summed E-state index contributed by atoms with van der Waals surface area (Å²) in [4.78, 5) is 14.7. The summed E-state index contributed by atoms with van der Waals surface area (Å²) in [6.45, 7) is 11.2.